The second-order valence-electron chi connectivity index (χ2n) is 1.55. The largest absolute Gasteiger partial charge is 0.497 e. The fourth-order valence-electron chi connectivity index (χ4n) is 0.568. The standard InChI is InChI=1S/C6H9NO/c1-7-6-2-4-8-5-3-6/h2-4,7H,5H2,1H3. The third-order valence-corrected chi connectivity index (χ3v) is 1.03. The summed E-state index contributed by atoms with van der Waals surface area (Å²) in [7, 11) is 1.89. The second kappa shape index (κ2) is 2.40. The Hall–Kier alpha value is -0.920. The molecule has 0 bridgehead atoms. The van der Waals surface area contributed by atoms with Crippen LogP contribution in [0, 0.1) is 0 Å². The first-order valence-electron chi connectivity index (χ1n) is 2.59. The molecule has 0 spiro atoms. The Morgan fingerprint density at radius 3 is 3.00 bits per heavy atom. The summed E-state index contributed by atoms with van der Waals surface area (Å²) in [4.78, 5) is 0. The number of rotatable bonds is 1. The highest BCUT2D eigenvalue weighted by atomic mass is 16.5. The van der Waals surface area contributed by atoms with E-state index in [0.717, 1.165) is 5.70 Å². The minimum absolute atomic E-state index is 0.687. The lowest BCUT2D eigenvalue weighted by molar-refractivity contribution is 0.283. The van der Waals surface area contributed by atoms with Crippen molar-refractivity contribution in [2.24, 2.45) is 0 Å². The number of hydrogen-bond donors (Lipinski definition) is 1. The van der Waals surface area contributed by atoms with Crippen LogP contribution in [0.2, 0.25) is 0 Å². The Morgan fingerprint density at radius 1 is 1.75 bits per heavy atom. The molecule has 1 N–H and O–H groups in total. The highest BCUT2D eigenvalue weighted by molar-refractivity contribution is 5.16. The molecule has 0 amide bonds. The number of hydrogen-bond acceptors (Lipinski definition) is 2. The predicted molar refractivity (Wildman–Crippen MR) is 32.2 cm³/mol. The number of nitrogens with one attached hydrogen (secondary N) is 1. The molecule has 0 aromatic carbocycles. The molecular formula is C6H9NO. The van der Waals surface area contributed by atoms with Gasteiger partial charge >= 0.3 is 0 Å². The molecule has 0 saturated heterocycles. The molecule has 1 aliphatic rings. The van der Waals surface area contributed by atoms with E-state index in [4.69, 9.17) is 4.74 Å². The number of allylic oxidation sites excluding steroid dienone is 1. The van der Waals surface area contributed by atoms with E-state index in [0.29, 0.717) is 6.61 Å². The van der Waals surface area contributed by atoms with Crippen LogP contribution in [0.4, 0.5) is 0 Å². The minimum Gasteiger partial charge on any atom is -0.497 e. The van der Waals surface area contributed by atoms with Crippen molar-refractivity contribution in [1.82, 2.24) is 5.32 Å². The SMILES string of the molecule is CNC1=CCOC=C1. The lowest BCUT2D eigenvalue weighted by atomic mass is 10.4. The van der Waals surface area contributed by atoms with Crippen molar-refractivity contribution in [2.75, 3.05) is 13.7 Å². The monoisotopic (exact) mass is 111 g/mol. The van der Waals surface area contributed by atoms with Gasteiger partial charge in [-0.3, -0.25) is 0 Å². The smallest absolute Gasteiger partial charge is 0.108 e. The Bertz CT molecular complexity index is 126. The van der Waals surface area contributed by atoms with E-state index in [9.17, 15) is 0 Å². The molecule has 0 unspecified atom stereocenters. The van der Waals surface area contributed by atoms with Crippen molar-refractivity contribution in [3.05, 3.63) is 24.1 Å². The van der Waals surface area contributed by atoms with Crippen LogP contribution in [0.1, 0.15) is 0 Å². The van der Waals surface area contributed by atoms with E-state index in [1.54, 1.807) is 6.26 Å². The first kappa shape index (κ1) is 5.22. The quantitative estimate of drug-likeness (QED) is 0.536. The maximum absolute atomic E-state index is 4.90. The van der Waals surface area contributed by atoms with Gasteiger partial charge in [0.2, 0.25) is 0 Å². The molecule has 2 heteroatoms. The summed E-state index contributed by atoms with van der Waals surface area (Å²) in [5.74, 6) is 0. The molecule has 1 rings (SSSR count). The average molecular weight is 111 g/mol. The second-order valence-corrected chi connectivity index (χ2v) is 1.55. The van der Waals surface area contributed by atoms with Gasteiger partial charge in [-0.15, -0.1) is 0 Å². The summed E-state index contributed by atoms with van der Waals surface area (Å²) in [6.07, 6.45) is 5.56. The van der Waals surface area contributed by atoms with Crippen LogP contribution in [0.3, 0.4) is 0 Å². The molecule has 0 radical (unpaired) electrons. The summed E-state index contributed by atoms with van der Waals surface area (Å²) in [5, 5.41) is 3.00. The molecule has 0 aliphatic carbocycles. The predicted octanol–water partition coefficient (Wildman–Crippen LogP) is 0.634. The van der Waals surface area contributed by atoms with E-state index < -0.39 is 0 Å². The summed E-state index contributed by atoms with van der Waals surface area (Å²) in [6, 6.07) is 0. The van der Waals surface area contributed by atoms with E-state index in [-0.39, 0.29) is 0 Å². The van der Waals surface area contributed by atoms with Gasteiger partial charge in [0.15, 0.2) is 0 Å². The lowest BCUT2D eigenvalue weighted by Crippen LogP contribution is -2.06. The van der Waals surface area contributed by atoms with Crippen molar-refractivity contribution >= 4 is 0 Å². The Labute approximate surface area is 48.8 Å². The van der Waals surface area contributed by atoms with Gasteiger partial charge in [0.1, 0.15) is 6.61 Å². The third-order valence-electron chi connectivity index (χ3n) is 1.03. The van der Waals surface area contributed by atoms with Gasteiger partial charge < -0.3 is 10.1 Å². The Balaban J connectivity index is 2.51. The molecule has 44 valence electrons. The molecule has 1 aliphatic heterocycles. The van der Waals surface area contributed by atoms with E-state index in [1.165, 1.54) is 0 Å². The number of likely N-dealkylation sites (N-methyl/N-ethyl adjacent to an activating group) is 1. The van der Waals surface area contributed by atoms with Gasteiger partial charge in [0.25, 0.3) is 0 Å². The van der Waals surface area contributed by atoms with Crippen LogP contribution in [0.15, 0.2) is 24.1 Å². The maximum Gasteiger partial charge on any atom is 0.108 e. The zero-order chi connectivity index (χ0) is 5.82. The molecule has 8 heavy (non-hydrogen) atoms. The van der Waals surface area contributed by atoms with Crippen LogP contribution >= 0.6 is 0 Å². The lowest BCUT2D eigenvalue weighted by Gasteiger charge is -2.05. The Kier molecular flexibility index (Phi) is 1.57. The highest BCUT2D eigenvalue weighted by Gasteiger charge is 1.90. The van der Waals surface area contributed by atoms with Gasteiger partial charge in [0.05, 0.1) is 6.26 Å². The van der Waals surface area contributed by atoms with Gasteiger partial charge in [-0.2, -0.15) is 0 Å². The molecule has 0 saturated carbocycles. The number of ether oxygens (including phenoxy) is 1. The van der Waals surface area contributed by atoms with Crippen molar-refractivity contribution in [1.29, 1.82) is 0 Å². The van der Waals surface area contributed by atoms with Crippen molar-refractivity contribution in [2.45, 2.75) is 0 Å². The summed E-state index contributed by atoms with van der Waals surface area (Å²) in [6.45, 7) is 0.687. The van der Waals surface area contributed by atoms with Crippen molar-refractivity contribution in [3.8, 4) is 0 Å². The minimum atomic E-state index is 0.687. The van der Waals surface area contributed by atoms with Crippen molar-refractivity contribution in [3.63, 3.8) is 0 Å². The van der Waals surface area contributed by atoms with Gasteiger partial charge in [0, 0.05) is 12.7 Å². The van der Waals surface area contributed by atoms with E-state index >= 15 is 0 Å². The molecule has 0 aromatic heterocycles. The van der Waals surface area contributed by atoms with Crippen LogP contribution in [0.5, 0.6) is 0 Å². The van der Waals surface area contributed by atoms with Gasteiger partial charge in [-0.05, 0) is 12.2 Å². The Morgan fingerprint density at radius 2 is 2.62 bits per heavy atom. The first-order chi connectivity index (χ1) is 3.93. The maximum atomic E-state index is 4.90. The van der Waals surface area contributed by atoms with Crippen molar-refractivity contribution < 1.29 is 4.74 Å². The van der Waals surface area contributed by atoms with Crippen LogP contribution in [-0.4, -0.2) is 13.7 Å². The molecule has 2 nitrogen and oxygen atoms in total. The normalized spacial score (nSPS) is 16.9. The van der Waals surface area contributed by atoms with Gasteiger partial charge in [-0.25, -0.2) is 0 Å². The van der Waals surface area contributed by atoms with Gasteiger partial charge in [-0.1, -0.05) is 0 Å². The molecule has 0 fully saturated rings. The molecular weight excluding hydrogens is 102 g/mol. The average Bonchev–Trinajstić information content (AvgIpc) is 1.90. The molecule has 0 aromatic rings. The van der Waals surface area contributed by atoms with Crippen LogP contribution in [0.25, 0.3) is 0 Å². The highest BCUT2D eigenvalue weighted by Crippen LogP contribution is 1.97. The topological polar surface area (TPSA) is 21.3 Å². The summed E-state index contributed by atoms with van der Waals surface area (Å²) < 4.78 is 4.90. The zero-order valence-electron chi connectivity index (χ0n) is 4.85. The molecule has 0 atom stereocenters. The summed E-state index contributed by atoms with van der Waals surface area (Å²) >= 11 is 0. The summed E-state index contributed by atoms with van der Waals surface area (Å²) in [5.41, 5.74) is 1.12. The third kappa shape index (κ3) is 1.03. The van der Waals surface area contributed by atoms with E-state index in [1.807, 2.05) is 19.2 Å². The fourth-order valence-corrected chi connectivity index (χ4v) is 0.568. The van der Waals surface area contributed by atoms with Crippen LogP contribution < -0.4 is 5.32 Å². The van der Waals surface area contributed by atoms with Crippen LogP contribution in [-0.2, 0) is 4.74 Å². The van der Waals surface area contributed by atoms with E-state index in [2.05, 4.69) is 5.32 Å². The fraction of sp³-hybridized carbons (Fsp3) is 0.333. The first-order valence-corrected chi connectivity index (χ1v) is 2.59. The molecule has 1 heterocycles. The zero-order valence-corrected chi connectivity index (χ0v) is 4.85.